The predicted octanol–water partition coefficient (Wildman–Crippen LogP) is 4.24. The number of amides is 1. The van der Waals surface area contributed by atoms with Gasteiger partial charge in [0.05, 0.1) is 17.6 Å². The topological polar surface area (TPSA) is 56.1 Å². The van der Waals surface area contributed by atoms with E-state index in [1.165, 1.54) is 10.8 Å². The van der Waals surface area contributed by atoms with Crippen molar-refractivity contribution in [1.29, 1.82) is 5.26 Å². The van der Waals surface area contributed by atoms with Crippen molar-refractivity contribution < 1.29 is 4.79 Å². The maximum atomic E-state index is 12.8. The lowest BCUT2D eigenvalue weighted by Gasteiger charge is -2.32. The zero-order valence-electron chi connectivity index (χ0n) is 16.5. The second-order valence-electron chi connectivity index (χ2n) is 7.79. The lowest BCUT2D eigenvalue weighted by atomic mass is 9.96. The van der Waals surface area contributed by atoms with Gasteiger partial charge in [-0.25, -0.2) is 0 Å². The van der Waals surface area contributed by atoms with Gasteiger partial charge in [-0.2, -0.15) is 5.26 Å². The van der Waals surface area contributed by atoms with Crippen molar-refractivity contribution in [1.82, 2.24) is 10.2 Å². The molecular weight excluding hydrogens is 358 g/mol. The van der Waals surface area contributed by atoms with Gasteiger partial charge in [0.1, 0.15) is 0 Å². The monoisotopic (exact) mass is 383 g/mol. The van der Waals surface area contributed by atoms with E-state index in [-0.39, 0.29) is 11.8 Å². The van der Waals surface area contributed by atoms with Crippen molar-refractivity contribution >= 4 is 16.7 Å². The molecule has 4 rings (SSSR count). The van der Waals surface area contributed by atoms with Crippen LogP contribution in [-0.4, -0.2) is 23.9 Å². The molecule has 3 aromatic carbocycles. The van der Waals surface area contributed by atoms with Crippen molar-refractivity contribution in [3.05, 3.63) is 83.4 Å². The summed E-state index contributed by atoms with van der Waals surface area (Å²) in [6.45, 7) is 3.10. The van der Waals surface area contributed by atoms with Gasteiger partial charge in [0.15, 0.2) is 0 Å². The highest BCUT2D eigenvalue weighted by Gasteiger charge is 2.25. The summed E-state index contributed by atoms with van der Waals surface area (Å²) in [5.74, 6) is 0.150. The van der Waals surface area contributed by atoms with E-state index in [0.29, 0.717) is 12.1 Å². The van der Waals surface area contributed by atoms with Gasteiger partial charge in [-0.1, -0.05) is 48.5 Å². The first-order chi connectivity index (χ1) is 14.2. The Morgan fingerprint density at radius 3 is 2.76 bits per heavy atom. The van der Waals surface area contributed by atoms with Crippen LogP contribution >= 0.6 is 0 Å². The molecule has 0 saturated carbocycles. The third-order valence-corrected chi connectivity index (χ3v) is 5.62. The van der Waals surface area contributed by atoms with Crippen LogP contribution in [0.15, 0.2) is 66.7 Å². The van der Waals surface area contributed by atoms with Crippen LogP contribution in [0, 0.1) is 17.2 Å². The van der Waals surface area contributed by atoms with Crippen LogP contribution in [-0.2, 0) is 17.9 Å². The van der Waals surface area contributed by atoms with Gasteiger partial charge in [0, 0.05) is 19.6 Å². The second kappa shape index (κ2) is 8.89. The van der Waals surface area contributed by atoms with Crippen molar-refractivity contribution in [2.24, 2.45) is 5.92 Å². The smallest absolute Gasteiger partial charge is 0.224 e. The molecule has 0 spiro atoms. The zero-order chi connectivity index (χ0) is 20.1. The molecule has 1 saturated heterocycles. The molecule has 4 nitrogen and oxygen atoms in total. The summed E-state index contributed by atoms with van der Waals surface area (Å²) in [6, 6.07) is 24.5. The minimum absolute atomic E-state index is 0.0170. The number of likely N-dealkylation sites (tertiary alicyclic amines) is 1. The number of carbonyl (C=O) groups is 1. The average Bonchev–Trinajstić information content (AvgIpc) is 2.77. The Labute approximate surface area is 171 Å². The van der Waals surface area contributed by atoms with Gasteiger partial charge in [-0.3, -0.25) is 9.69 Å². The summed E-state index contributed by atoms with van der Waals surface area (Å²) < 4.78 is 0. The molecular formula is C25H25N3O. The molecule has 1 aliphatic rings. The van der Waals surface area contributed by atoms with Crippen LogP contribution in [0.2, 0.25) is 0 Å². The van der Waals surface area contributed by atoms with E-state index in [0.717, 1.165) is 43.6 Å². The lowest BCUT2D eigenvalue weighted by molar-refractivity contribution is -0.126. The number of benzene rings is 3. The van der Waals surface area contributed by atoms with Gasteiger partial charge >= 0.3 is 0 Å². The maximum Gasteiger partial charge on any atom is 0.224 e. The number of carbonyl (C=O) groups excluding carboxylic acids is 1. The van der Waals surface area contributed by atoms with Crippen LogP contribution in [0.5, 0.6) is 0 Å². The summed E-state index contributed by atoms with van der Waals surface area (Å²) >= 11 is 0. The highest BCUT2D eigenvalue weighted by Crippen LogP contribution is 2.20. The van der Waals surface area contributed by atoms with Gasteiger partial charge in [-0.05, 0) is 59.5 Å². The largest absolute Gasteiger partial charge is 0.352 e. The Morgan fingerprint density at radius 2 is 1.90 bits per heavy atom. The van der Waals surface area contributed by atoms with Crippen molar-refractivity contribution in [3.8, 4) is 6.07 Å². The third-order valence-electron chi connectivity index (χ3n) is 5.62. The van der Waals surface area contributed by atoms with E-state index in [4.69, 9.17) is 5.26 Å². The van der Waals surface area contributed by atoms with Gasteiger partial charge in [0.2, 0.25) is 5.91 Å². The highest BCUT2D eigenvalue weighted by atomic mass is 16.1. The number of hydrogen-bond acceptors (Lipinski definition) is 3. The molecule has 1 amide bonds. The molecule has 146 valence electrons. The van der Waals surface area contributed by atoms with Gasteiger partial charge in [0.25, 0.3) is 0 Å². The first kappa shape index (κ1) is 19.2. The molecule has 1 N–H and O–H groups in total. The van der Waals surface area contributed by atoms with E-state index in [1.54, 1.807) is 0 Å². The van der Waals surface area contributed by atoms with E-state index < -0.39 is 0 Å². The summed E-state index contributed by atoms with van der Waals surface area (Å²) in [6.07, 6.45) is 1.95. The van der Waals surface area contributed by atoms with Crippen LogP contribution in [0.25, 0.3) is 10.8 Å². The SMILES string of the molecule is N#Cc1cccc(CN2CCCC(C(=O)NCc3ccc4ccccc4c3)C2)c1. The molecule has 0 radical (unpaired) electrons. The fraction of sp³-hybridized carbons (Fsp3) is 0.280. The number of piperidine rings is 1. The Bertz CT molecular complexity index is 1050. The van der Waals surface area contributed by atoms with Crippen LogP contribution in [0.3, 0.4) is 0 Å². The minimum atomic E-state index is 0.0170. The van der Waals surface area contributed by atoms with Crippen molar-refractivity contribution in [3.63, 3.8) is 0 Å². The summed E-state index contributed by atoms with van der Waals surface area (Å²) in [7, 11) is 0. The molecule has 0 aliphatic carbocycles. The molecule has 1 unspecified atom stereocenters. The van der Waals surface area contributed by atoms with Gasteiger partial charge < -0.3 is 5.32 Å². The van der Waals surface area contributed by atoms with Crippen LogP contribution in [0.1, 0.15) is 29.5 Å². The minimum Gasteiger partial charge on any atom is -0.352 e. The fourth-order valence-corrected chi connectivity index (χ4v) is 4.09. The predicted molar refractivity (Wildman–Crippen MR) is 115 cm³/mol. The lowest BCUT2D eigenvalue weighted by Crippen LogP contribution is -2.42. The quantitative estimate of drug-likeness (QED) is 0.717. The number of fused-ring (bicyclic) bond motifs is 1. The van der Waals surface area contributed by atoms with Gasteiger partial charge in [-0.15, -0.1) is 0 Å². The van der Waals surface area contributed by atoms with Crippen LogP contribution < -0.4 is 5.32 Å². The van der Waals surface area contributed by atoms with E-state index in [1.807, 2.05) is 36.4 Å². The summed E-state index contributed by atoms with van der Waals surface area (Å²) in [5.41, 5.74) is 2.93. The molecule has 0 aromatic heterocycles. The van der Waals surface area contributed by atoms with E-state index >= 15 is 0 Å². The number of nitrogens with zero attached hydrogens (tertiary/aromatic N) is 2. The highest BCUT2D eigenvalue weighted by molar-refractivity contribution is 5.83. The van der Waals surface area contributed by atoms with Crippen molar-refractivity contribution in [2.75, 3.05) is 13.1 Å². The molecule has 1 atom stereocenters. The normalized spacial score (nSPS) is 17.0. The number of hydrogen-bond donors (Lipinski definition) is 1. The maximum absolute atomic E-state index is 12.8. The molecule has 1 aliphatic heterocycles. The average molecular weight is 383 g/mol. The second-order valence-corrected chi connectivity index (χ2v) is 7.79. The summed E-state index contributed by atoms with van der Waals surface area (Å²) in [4.78, 5) is 15.1. The molecule has 1 fully saturated rings. The number of rotatable bonds is 5. The van der Waals surface area contributed by atoms with E-state index in [2.05, 4.69) is 46.6 Å². The Hall–Kier alpha value is -3.16. The fourth-order valence-electron chi connectivity index (χ4n) is 4.09. The third kappa shape index (κ3) is 4.82. The van der Waals surface area contributed by atoms with Crippen LogP contribution in [0.4, 0.5) is 0 Å². The Morgan fingerprint density at radius 1 is 1.03 bits per heavy atom. The van der Waals surface area contributed by atoms with E-state index in [9.17, 15) is 4.79 Å². The number of nitriles is 1. The molecule has 0 bridgehead atoms. The first-order valence-electron chi connectivity index (χ1n) is 10.2. The first-order valence-corrected chi connectivity index (χ1v) is 10.2. The molecule has 4 heteroatoms. The van der Waals surface area contributed by atoms with Crippen molar-refractivity contribution in [2.45, 2.75) is 25.9 Å². The zero-order valence-corrected chi connectivity index (χ0v) is 16.5. The molecule has 3 aromatic rings. The Balaban J connectivity index is 1.33. The molecule has 29 heavy (non-hydrogen) atoms. The summed E-state index contributed by atoms with van der Waals surface area (Å²) in [5, 5.41) is 14.6. The number of nitrogens with one attached hydrogen (secondary N) is 1. The standard InChI is InChI=1S/C25H25N3O/c26-15-19-5-3-6-21(13-19)17-28-12-4-9-24(18-28)25(29)27-16-20-10-11-22-7-1-2-8-23(22)14-20/h1-3,5-8,10-11,13-14,24H,4,9,12,16-18H2,(H,27,29). The molecule has 1 heterocycles. The Kier molecular flexibility index (Phi) is 5.88.